The van der Waals surface area contributed by atoms with E-state index in [0.717, 1.165) is 5.56 Å². The number of phenolic OH excluding ortho intramolecular Hbond substituents is 1. The highest BCUT2D eigenvalue weighted by atomic mass is 16.3. The number of hydrogen-bond acceptors (Lipinski definition) is 2. The summed E-state index contributed by atoms with van der Waals surface area (Å²) in [5, 5.41) is 18.9. The fraction of sp³-hybridized carbons (Fsp3) is 0.500. The summed E-state index contributed by atoms with van der Waals surface area (Å²) < 4.78 is 0. The Bertz CT molecular complexity index is 282. The van der Waals surface area contributed by atoms with Crippen molar-refractivity contribution in [2.75, 3.05) is 0 Å². The van der Waals surface area contributed by atoms with Crippen molar-refractivity contribution in [2.45, 2.75) is 33.3 Å². The molecule has 1 unspecified atom stereocenters. The van der Waals surface area contributed by atoms with Gasteiger partial charge in [0.2, 0.25) is 0 Å². The van der Waals surface area contributed by atoms with Crippen LogP contribution in [-0.4, -0.2) is 16.3 Å². The van der Waals surface area contributed by atoms with Gasteiger partial charge in [0.05, 0.1) is 6.10 Å². The Hall–Kier alpha value is -1.02. The molecule has 1 atom stereocenters. The lowest BCUT2D eigenvalue weighted by Crippen LogP contribution is -2.27. The van der Waals surface area contributed by atoms with Gasteiger partial charge in [-0.25, -0.2) is 0 Å². The van der Waals surface area contributed by atoms with E-state index >= 15 is 0 Å². The normalized spacial score (nSPS) is 14.0. The number of aromatic hydroxyl groups is 1. The third-order valence-electron chi connectivity index (χ3n) is 2.37. The van der Waals surface area contributed by atoms with Crippen LogP contribution < -0.4 is 0 Å². The average Bonchev–Trinajstić information content (AvgIpc) is 2.07. The predicted molar refractivity (Wildman–Crippen MR) is 57.3 cm³/mol. The smallest absolute Gasteiger partial charge is 0.115 e. The third kappa shape index (κ3) is 3.04. The number of hydrogen-bond donors (Lipinski definition) is 2. The van der Waals surface area contributed by atoms with Crippen molar-refractivity contribution in [3.63, 3.8) is 0 Å². The quantitative estimate of drug-likeness (QED) is 0.758. The van der Waals surface area contributed by atoms with E-state index < -0.39 is 0 Å². The van der Waals surface area contributed by atoms with Crippen LogP contribution in [0.3, 0.4) is 0 Å². The Morgan fingerprint density at radius 1 is 1.14 bits per heavy atom. The number of benzene rings is 1. The van der Waals surface area contributed by atoms with E-state index in [4.69, 9.17) is 5.11 Å². The lowest BCUT2D eigenvalue weighted by molar-refractivity contribution is 0.0636. The second-order valence-corrected chi connectivity index (χ2v) is 4.75. The molecule has 14 heavy (non-hydrogen) atoms. The molecule has 0 spiro atoms. The van der Waals surface area contributed by atoms with Gasteiger partial charge in [-0.2, -0.15) is 0 Å². The zero-order chi connectivity index (χ0) is 10.8. The van der Waals surface area contributed by atoms with E-state index in [1.807, 2.05) is 32.9 Å². The maximum absolute atomic E-state index is 9.85. The summed E-state index contributed by atoms with van der Waals surface area (Å²) in [6.45, 7) is 6.04. The van der Waals surface area contributed by atoms with Gasteiger partial charge in [0.15, 0.2) is 0 Å². The van der Waals surface area contributed by atoms with Crippen LogP contribution in [0, 0.1) is 5.41 Å². The van der Waals surface area contributed by atoms with Crippen LogP contribution in [0.1, 0.15) is 26.3 Å². The predicted octanol–water partition coefficient (Wildman–Crippen LogP) is 2.34. The van der Waals surface area contributed by atoms with Crippen molar-refractivity contribution in [3.05, 3.63) is 29.8 Å². The van der Waals surface area contributed by atoms with Gasteiger partial charge in [-0.1, -0.05) is 32.9 Å². The minimum Gasteiger partial charge on any atom is -0.508 e. The van der Waals surface area contributed by atoms with Crippen LogP contribution >= 0.6 is 0 Å². The summed E-state index contributed by atoms with van der Waals surface area (Å²) in [5.41, 5.74) is 0.947. The average molecular weight is 194 g/mol. The monoisotopic (exact) mass is 194 g/mol. The molecular formula is C12H18O2. The maximum Gasteiger partial charge on any atom is 0.115 e. The van der Waals surface area contributed by atoms with E-state index in [1.165, 1.54) is 0 Å². The number of rotatable bonds is 2. The van der Waals surface area contributed by atoms with Crippen LogP contribution in [0.5, 0.6) is 5.75 Å². The Balaban J connectivity index is 2.65. The molecule has 0 bridgehead atoms. The molecular weight excluding hydrogens is 176 g/mol. The molecule has 0 aromatic heterocycles. The van der Waals surface area contributed by atoms with Gasteiger partial charge >= 0.3 is 0 Å². The van der Waals surface area contributed by atoms with Gasteiger partial charge in [0, 0.05) is 0 Å². The zero-order valence-corrected chi connectivity index (χ0v) is 8.99. The Morgan fingerprint density at radius 3 is 2.07 bits per heavy atom. The summed E-state index contributed by atoms with van der Waals surface area (Å²) in [7, 11) is 0. The Morgan fingerprint density at radius 2 is 1.64 bits per heavy atom. The molecule has 0 radical (unpaired) electrons. The van der Waals surface area contributed by atoms with Gasteiger partial charge in [-0.15, -0.1) is 0 Å². The molecule has 0 aliphatic rings. The van der Waals surface area contributed by atoms with Crippen LogP contribution in [0.2, 0.25) is 0 Å². The summed E-state index contributed by atoms with van der Waals surface area (Å²) in [5.74, 6) is 0.263. The van der Waals surface area contributed by atoms with Gasteiger partial charge in [0.1, 0.15) is 5.75 Å². The summed E-state index contributed by atoms with van der Waals surface area (Å²) in [6, 6.07) is 6.96. The molecule has 0 heterocycles. The number of aliphatic hydroxyl groups is 1. The van der Waals surface area contributed by atoms with Crippen LogP contribution in [0.15, 0.2) is 24.3 Å². The molecule has 1 aromatic carbocycles. The summed E-state index contributed by atoms with van der Waals surface area (Å²) in [4.78, 5) is 0. The highest BCUT2D eigenvalue weighted by molar-refractivity contribution is 5.26. The highest BCUT2D eigenvalue weighted by Crippen LogP contribution is 2.22. The van der Waals surface area contributed by atoms with Gasteiger partial charge in [-0.3, -0.25) is 0 Å². The molecule has 0 fully saturated rings. The largest absolute Gasteiger partial charge is 0.508 e. The van der Waals surface area contributed by atoms with E-state index in [0.29, 0.717) is 6.42 Å². The lowest BCUT2D eigenvalue weighted by Gasteiger charge is -2.25. The van der Waals surface area contributed by atoms with Crippen molar-refractivity contribution >= 4 is 0 Å². The fourth-order valence-corrected chi connectivity index (χ4v) is 1.16. The molecule has 2 nitrogen and oxygen atoms in total. The minimum absolute atomic E-state index is 0.0993. The molecule has 1 rings (SSSR count). The number of aliphatic hydroxyl groups excluding tert-OH is 1. The lowest BCUT2D eigenvalue weighted by atomic mass is 9.85. The van der Waals surface area contributed by atoms with E-state index in [2.05, 4.69) is 0 Å². The van der Waals surface area contributed by atoms with Crippen molar-refractivity contribution in [2.24, 2.45) is 5.41 Å². The molecule has 0 aliphatic carbocycles. The van der Waals surface area contributed by atoms with Crippen molar-refractivity contribution in [3.8, 4) is 5.75 Å². The maximum atomic E-state index is 9.85. The van der Waals surface area contributed by atoms with Gasteiger partial charge < -0.3 is 10.2 Å². The Kier molecular flexibility index (Phi) is 3.17. The molecule has 0 saturated carbocycles. The Labute approximate surface area is 85.2 Å². The van der Waals surface area contributed by atoms with Gasteiger partial charge in [-0.05, 0) is 29.5 Å². The van der Waals surface area contributed by atoms with Crippen LogP contribution in [0.4, 0.5) is 0 Å². The summed E-state index contributed by atoms with van der Waals surface area (Å²) >= 11 is 0. The van der Waals surface area contributed by atoms with Crippen molar-refractivity contribution in [1.82, 2.24) is 0 Å². The van der Waals surface area contributed by atoms with Crippen LogP contribution in [0.25, 0.3) is 0 Å². The zero-order valence-electron chi connectivity index (χ0n) is 8.99. The molecule has 0 saturated heterocycles. The molecule has 2 N–H and O–H groups in total. The standard InChI is InChI=1S/C12H18O2/c1-12(2,3)11(14)8-9-4-6-10(13)7-5-9/h4-7,11,13-14H,8H2,1-3H3. The molecule has 2 heteroatoms. The SMILES string of the molecule is CC(C)(C)C(O)Cc1ccc(O)cc1. The third-order valence-corrected chi connectivity index (χ3v) is 2.37. The molecule has 0 aliphatic heterocycles. The molecule has 1 aromatic rings. The highest BCUT2D eigenvalue weighted by Gasteiger charge is 2.21. The van der Waals surface area contributed by atoms with Crippen molar-refractivity contribution in [1.29, 1.82) is 0 Å². The van der Waals surface area contributed by atoms with E-state index in [-0.39, 0.29) is 17.3 Å². The van der Waals surface area contributed by atoms with Crippen LogP contribution in [-0.2, 0) is 6.42 Å². The molecule has 0 amide bonds. The molecule has 78 valence electrons. The second-order valence-electron chi connectivity index (χ2n) is 4.75. The first kappa shape index (κ1) is 11.1. The van der Waals surface area contributed by atoms with Crippen molar-refractivity contribution < 1.29 is 10.2 Å². The minimum atomic E-state index is -0.355. The topological polar surface area (TPSA) is 40.5 Å². The first-order valence-electron chi connectivity index (χ1n) is 4.85. The first-order valence-corrected chi connectivity index (χ1v) is 4.85. The summed E-state index contributed by atoms with van der Waals surface area (Å²) in [6.07, 6.45) is 0.274. The van der Waals surface area contributed by atoms with Gasteiger partial charge in [0.25, 0.3) is 0 Å². The first-order chi connectivity index (χ1) is 6.39. The van der Waals surface area contributed by atoms with E-state index in [1.54, 1.807) is 12.1 Å². The second kappa shape index (κ2) is 4.01. The number of phenols is 1. The van der Waals surface area contributed by atoms with E-state index in [9.17, 15) is 5.11 Å². The fourth-order valence-electron chi connectivity index (χ4n) is 1.16.